The molecule has 9 nitrogen and oxygen atoms in total. The number of hydrogen-bond acceptors (Lipinski definition) is 8. The van der Waals surface area contributed by atoms with E-state index in [1.54, 1.807) is 0 Å². The number of hydrogen-bond donors (Lipinski definition) is 0. The molecule has 0 amide bonds. The third-order valence-electron chi connectivity index (χ3n) is 13.3. The summed E-state index contributed by atoms with van der Waals surface area (Å²) in [5.41, 5.74) is 0. The van der Waals surface area contributed by atoms with E-state index in [-0.39, 0.29) is 38.6 Å². The van der Waals surface area contributed by atoms with E-state index >= 15 is 0 Å². The van der Waals surface area contributed by atoms with Gasteiger partial charge in [-0.15, -0.1) is 0 Å². The number of esters is 2. The molecule has 0 rings (SSSR count). The zero-order chi connectivity index (χ0) is 53.4. The van der Waals surface area contributed by atoms with Gasteiger partial charge in [-0.05, 0) is 64.2 Å². The van der Waals surface area contributed by atoms with Crippen molar-refractivity contribution in [2.24, 2.45) is 0 Å². The van der Waals surface area contributed by atoms with Crippen molar-refractivity contribution < 1.29 is 42.9 Å². The van der Waals surface area contributed by atoms with Gasteiger partial charge in [0.2, 0.25) is 0 Å². The summed E-state index contributed by atoms with van der Waals surface area (Å²) < 4.78 is 22.5. The van der Waals surface area contributed by atoms with Crippen LogP contribution in [0.25, 0.3) is 0 Å². The highest BCUT2D eigenvalue weighted by molar-refractivity contribution is 5.70. The van der Waals surface area contributed by atoms with E-state index in [1.165, 1.54) is 193 Å². The van der Waals surface area contributed by atoms with Crippen molar-refractivity contribution in [2.45, 2.75) is 283 Å². The predicted molar refractivity (Wildman–Crippen MR) is 306 cm³/mol. The minimum absolute atomic E-state index is 0.126. The fourth-order valence-corrected chi connectivity index (χ4v) is 8.61. The van der Waals surface area contributed by atoms with Crippen LogP contribution < -0.4 is 5.11 Å². The molecular weight excluding hydrogens is 911 g/mol. The molecule has 73 heavy (non-hydrogen) atoms. The SMILES string of the molecule is CC/C=C\C/C=C\C/C=C\C/C=C\CCC(=O)OC(COC(=O)CCCCCCCCCCCCCCCCCCCCCCCCC/C=C\CCCCCCCCCC)COC(OCC[N+](C)(C)C)C(=O)[O-]. The Morgan fingerprint density at radius 3 is 1.22 bits per heavy atom. The summed E-state index contributed by atoms with van der Waals surface area (Å²) in [5.74, 6) is -2.39. The quantitative estimate of drug-likeness (QED) is 0.0195. The first-order valence-electron chi connectivity index (χ1n) is 30.4. The minimum atomic E-state index is -1.64. The molecule has 0 aliphatic heterocycles. The maximum Gasteiger partial charge on any atom is 0.306 e. The first-order chi connectivity index (χ1) is 35.6. The Labute approximate surface area is 450 Å². The highest BCUT2D eigenvalue weighted by Crippen LogP contribution is 2.17. The van der Waals surface area contributed by atoms with E-state index in [4.69, 9.17) is 18.9 Å². The fourth-order valence-electron chi connectivity index (χ4n) is 8.61. The second-order valence-electron chi connectivity index (χ2n) is 21.6. The van der Waals surface area contributed by atoms with Gasteiger partial charge in [-0.3, -0.25) is 9.59 Å². The second kappa shape index (κ2) is 55.2. The number of carboxylic acids is 1. The van der Waals surface area contributed by atoms with Gasteiger partial charge < -0.3 is 33.3 Å². The van der Waals surface area contributed by atoms with Crippen LogP contribution in [0.2, 0.25) is 0 Å². The van der Waals surface area contributed by atoms with E-state index < -0.39 is 24.3 Å². The molecule has 0 N–H and O–H groups in total. The first kappa shape index (κ1) is 70.0. The number of unbranched alkanes of at least 4 members (excludes halogenated alkanes) is 31. The van der Waals surface area contributed by atoms with Gasteiger partial charge in [0, 0.05) is 12.8 Å². The molecule has 0 heterocycles. The number of rotatable bonds is 56. The molecule has 0 radical (unpaired) electrons. The Kier molecular flexibility index (Phi) is 53.0. The number of allylic oxidation sites excluding steroid dienone is 10. The summed E-state index contributed by atoms with van der Waals surface area (Å²) >= 11 is 0. The monoisotopic (exact) mass is 1030 g/mol. The van der Waals surface area contributed by atoms with E-state index in [9.17, 15) is 19.5 Å². The molecule has 0 fully saturated rings. The van der Waals surface area contributed by atoms with Crippen LogP contribution in [0, 0.1) is 0 Å². The first-order valence-corrected chi connectivity index (χ1v) is 30.4. The van der Waals surface area contributed by atoms with Gasteiger partial charge in [-0.25, -0.2) is 0 Å². The van der Waals surface area contributed by atoms with Crippen molar-refractivity contribution in [1.82, 2.24) is 0 Å². The molecule has 0 bridgehead atoms. The van der Waals surface area contributed by atoms with Gasteiger partial charge in [-0.2, -0.15) is 0 Å². The van der Waals surface area contributed by atoms with E-state index in [1.807, 2.05) is 33.3 Å². The maximum absolute atomic E-state index is 12.7. The summed E-state index contributed by atoms with van der Waals surface area (Å²) in [6, 6.07) is 0. The number of carboxylic acid groups (broad SMARTS) is 1. The van der Waals surface area contributed by atoms with Crippen molar-refractivity contribution in [1.29, 1.82) is 0 Å². The van der Waals surface area contributed by atoms with Crippen molar-refractivity contribution >= 4 is 17.9 Å². The van der Waals surface area contributed by atoms with Crippen LogP contribution in [-0.4, -0.2) is 82.3 Å². The summed E-state index contributed by atoms with van der Waals surface area (Å²) in [5, 5.41) is 11.7. The largest absolute Gasteiger partial charge is 0.545 e. The topological polar surface area (TPSA) is 111 Å². The Balaban J connectivity index is 4.00. The normalized spacial score (nSPS) is 13.2. The molecule has 0 aromatic heterocycles. The molecule has 0 aliphatic rings. The zero-order valence-electron chi connectivity index (χ0n) is 48.3. The Hall–Kier alpha value is -3.01. The summed E-state index contributed by atoms with van der Waals surface area (Å²) in [6.07, 6.45) is 67.7. The van der Waals surface area contributed by atoms with Crippen LogP contribution in [0.4, 0.5) is 0 Å². The van der Waals surface area contributed by atoms with Gasteiger partial charge in [0.1, 0.15) is 13.2 Å². The number of nitrogens with zero attached hydrogens (tertiary/aromatic N) is 1. The Bertz CT molecular complexity index is 1380. The average Bonchev–Trinajstić information content (AvgIpc) is 3.36. The average molecular weight is 1030 g/mol. The number of carbonyl (C=O) groups is 3. The highest BCUT2D eigenvalue weighted by atomic mass is 16.7. The van der Waals surface area contributed by atoms with Crippen molar-refractivity contribution in [2.75, 3.05) is 47.5 Å². The van der Waals surface area contributed by atoms with E-state index in [0.29, 0.717) is 17.4 Å². The van der Waals surface area contributed by atoms with Crippen LogP contribution in [0.5, 0.6) is 0 Å². The summed E-state index contributed by atoms with van der Waals surface area (Å²) in [6.45, 7) is 4.56. The zero-order valence-corrected chi connectivity index (χ0v) is 48.3. The third-order valence-corrected chi connectivity index (χ3v) is 13.3. The van der Waals surface area contributed by atoms with Crippen LogP contribution in [-0.2, 0) is 33.3 Å². The van der Waals surface area contributed by atoms with Gasteiger partial charge in [0.25, 0.3) is 0 Å². The third kappa shape index (κ3) is 56.6. The molecular formula is C64H115NO8. The molecule has 0 spiro atoms. The highest BCUT2D eigenvalue weighted by Gasteiger charge is 2.21. The lowest BCUT2D eigenvalue weighted by Crippen LogP contribution is -2.44. The lowest BCUT2D eigenvalue weighted by atomic mass is 10.0. The minimum Gasteiger partial charge on any atom is -0.545 e. The van der Waals surface area contributed by atoms with Crippen LogP contribution in [0.15, 0.2) is 60.8 Å². The van der Waals surface area contributed by atoms with Crippen LogP contribution >= 0.6 is 0 Å². The van der Waals surface area contributed by atoms with Crippen molar-refractivity contribution in [3.63, 3.8) is 0 Å². The van der Waals surface area contributed by atoms with Gasteiger partial charge >= 0.3 is 11.9 Å². The number of aliphatic carboxylic acids is 1. The molecule has 0 saturated carbocycles. The standard InChI is InChI=1S/C64H115NO8/c1-6-8-10-12-14-16-18-20-21-22-23-24-25-26-27-28-29-30-31-32-33-34-35-36-37-38-39-40-41-43-44-46-48-50-52-54-61(66)71-58-60(59-72-64(63(68)69)70-57-56-65(3,4)5)73-62(67)55-53-51-49-47-45-42-19-17-15-13-11-9-7-2/h9,11,15,17,22-23,42,45,49,51,60,64H,6-8,10,12-14,16,18-21,24-41,43-44,46-48,50,52-59H2,1-5H3/b11-9-,17-15-,23-22-,45-42-,51-49-. The number of ether oxygens (including phenoxy) is 4. The molecule has 2 atom stereocenters. The summed E-state index contributed by atoms with van der Waals surface area (Å²) in [4.78, 5) is 37.1. The van der Waals surface area contributed by atoms with E-state index in [2.05, 4.69) is 62.5 Å². The number of quaternary nitrogens is 1. The number of carbonyl (C=O) groups excluding carboxylic acids is 3. The Morgan fingerprint density at radius 1 is 0.425 bits per heavy atom. The molecule has 9 heteroatoms. The molecule has 424 valence electrons. The molecule has 0 saturated heterocycles. The molecule has 0 aliphatic carbocycles. The maximum atomic E-state index is 12.7. The lowest BCUT2D eigenvalue weighted by molar-refractivity contribution is -0.870. The predicted octanol–water partition coefficient (Wildman–Crippen LogP) is 16.7. The summed E-state index contributed by atoms with van der Waals surface area (Å²) in [7, 11) is 5.90. The van der Waals surface area contributed by atoms with Crippen molar-refractivity contribution in [3.05, 3.63) is 60.8 Å². The number of likely N-dealkylation sites (N-methyl/N-ethyl adjacent to an activating group) is 1. The van der Waals surface area contributed by atoms with Gasteiger partial charge in [0.15, 0.2) is 12.4 Å². The smallest absolute Gasteiger partial charge is 0.306 e. The van der Waals surface area contributed by atoms with Crippen LogP contribution in [0.1, 0.15) is 271 Å². The van der Waals surface area contributed by atoms with Crippen LogP contribution in [0.3, 0.4) is 0 Å². The lowest BCUT2D eigenvalue weighted by Gasteiger charge is -2.26. The second-order valence-corrected chi connectivity index (χ2v) is 21.6. The molecule has 0 aromatic rings. The van der Waals surface area contributed by atoms with Crippen molar-refractivity contribution in [3.8, 4) is 0 Å². The van der Waals surface area contributed by atoms with Gasteiger partial charge in [0.05, 0.1) is 40.3 Å². The fraction of sp³-hybridized carbons (Fsp3) is 0.797. The van der Waals surface area contributed by atoms with E-state index in [0.717, 1.165) is 44.9 Å². The molecule has 0 aromatic carbocycles. The van der Waals surface area contributed by atoms with Gasteiger partial charge in [-0.1, -0.05) is 254 Å². The molecule has 2 unspecified atom stereocenters. The Morgan fingerprint density at radius 2 is 0.808 bits per heavy atom.